The first kappa shape index (κ1) is 14.7. The van der Waals surface area contributed by atoms with Crippen LogP contribution in [0.1, 0.15) is 37.7 Å². The smallest absolute Gasteiger partial charge is 0.304 e. The lowest BCUT2D eigenvalue weighted by Crippen LogP contribution is -2.46. The van der Waals surface area contributed by atoms with E-state index in [2.05, 4.69) is 0 Å². The van der Waals surface area contributed by atoms with Crippen LogP contribution in [0.15, 0.2) is 18.2 Å². The van der Waals surface area contributed by atoms with E-state index in [1.165, 1.54) is 0 Å². The van der Waals surface area contributed by atoms with Crippen molar-refractivity contribution in [2.45, 2.75) is 38.5 Å². The first-order valence-corrected chi connectivity index (χ1v) is 9.15. The minimum absolute atomic E-state index is 0.551. The summed E-state index contributed by atoms with van der Waals surface area (Å²) in [5, 5.41) is 0. The summed E-state index contributed by atoms with van der Waals surface area (Å²) in [5.41, 5.74) is 8.46. The number of nitrogens with two attached hydrogens (primary N) is 1. The van der Waals surface area contributed by atoms with Gasteiger partial charge in [-0.25, -0.2) is 0 Å². The molecule has 0 saturated carbocycles. The number of rotatable bonds is 2. The summed E-state index contributed by atoms with van der Waals surface area (Å²) >= 11 is 0. The molecule has 5 nitrogen and oxygen atoms in total. The highest BCUT2D eigenvalue weighted by molar-refractivity contribution is 7.90. The molecule has 3 rings (SSSR count). The van der Waals surface area contributed by atoms with Gasteiger partial charge >= 0.3 is 10.2 Å². The minimum Gasteiger partial charge on any atom is -0.398 e. The van der Waals surface area contributed by atoms with E-state index in [-0.39, 0.29) is 0 Å². The first-order chi connectivity index (χ1) is 10.1. The number of nitrogen functional groups attached to an aromatic ring is 1. The molecule has 0 radical (unpaired) electrons. The number of benzene rings is 1. The van der Waals surface area contributed by atoms with Gasteiger partial charge in [0, 0.05) is 25.3 Å². The Balaban J connectivity index is 1.95. The summed E-state index contributed by atoms with van der Waals surface area (Å²) in [5.74, 6) is 0. The van der Waals surface area contributed by atoms with Gasteiger partial charge in [-0.3, -0.25) is 4.31 Å². The van der Waals surface area contributed by atoms with Gasteiger partial charge in [-0.2, -0.15) is 12.7 Å². The Kier molecular flexibility index (Phi) is 4.08. The predicted molar refractivity (Wildman–Crippen MR) is 85.5 cm³/mol. The van der Waals surface area contributed by atoms with Crippen molar-refractivity contribution >= 4 is 21.6 Å². The zero-order valence-electron chi connectivity index (χ0n) is 12.3. The van der Waals surface area contributed by atoms with Crippen LogP contribution in [-0.4, -0.2) is 32.4 Å². The van der Waals surface area contributed by atoms with Crippen LogP contribution in [0.4, 0.5) is 11.4 Å². The molecule has 0 unspecified atom stereocenters. The van der Waals surface area contributed by atoms with Gasteiger partial charge < -0.3 is 5.73 Å². The lowest BCUT2D eigenvalue weighted by molar-refractivity contribution is 0.420. The Morgan fingerprint density at radius 2 is 1.67 bits per heavy atom. The molecule has 2 heterocycles. The zero-order chi connectivity index (χ0) is 14.9. The Bertz CT molecular complexity index is 607. The molecular weight excluding hydrogens is 286 g/mol. The quantitative estimate of drug-likeness (QED) is 0.851. The normalized spacial score (nSPS) is 20.9. The lowest BCUT2D eigenvalue weighted by Gasteiger charge is -2.35. The summed E-state index contributed by atoms with van der Waals surface area (Å²) in [6, 6.07) is 5.56. The van der Waals surface area contributed by atoms with Crippen LogP contribution >= 0.6 is 0 Å². The van der Waals surface area contributed by atoms with E-state index >= 15 is 0 Å². The van der Waals surface area contributed by atoms with Crippen LogP contribution < -0.4 is 10.0 Å². The van der Waals surface area contributed by atoms with Gasteiger partial charge in [-0.15, -0.1) is 0 Å². The third-order valence-corrected chi connectivity index (χ3v) is 6.37. The van der Waals surface area contributed by atoms with E-state index in [4.69, 9.17) is 5.73 Å². The molecule has 6 heteroatoms. The second kappa shape index (κ2) is 5.85. The number of anilines is 2. The Labute approximate surface area is 126 Å². The Morgan fingerprint density at radius 3 is 2.38 bits per heavy atom. The fraction of sp³-hybridized carbons (Fsp3) is 0.600. The largest absolute Gasteiger partial charge is 0.398 e. The molecule has 1 aromatic rings. The molecule has 2 N–H and O–H groups in total. The lowest BCUT2D eigenvalue weighted by atomic mass is 10.0. The molecule has 0 atom stereocenters. The van der Waals surface area contributed by atoms with Gasteiger partial charge in [0.1, 0.15) is 0 Å². The van der Waals surface area contributed by atoms with E-state index in [1.54, 1.807) is 8.61 Å². The van der Waals surface area contributed by atoms with Crippen molar-refractivity contribution in [2.24, 2.45) is 0 Å². The molecule has 2 aliphatic heterocycles. The van der Waals surface area contributed by atoms with E-state index in [0.717, 1.165) is 49.8 Å². The molecule has 116 valence electrons. The van der Waals surface area contributed by atoms with Gasteiger partial charge in [0.05, 0.1) is 5.69 Å². The van der Waals surface area contributed by atoms with Crippen molar-refractivity contribution in [1.82, 2.24) is 4.31 Å². The van der Waals surface area contributed by atoms with Crippen molar-refractivity contribution in [3.63, 3.8) is 0 Å². The van der Waals surface area contributed by atoms with Gasteiger partial charge in [0.2, 0.25) is 0 Å². The molecule has 2 aliphatic rings. The molecule has 0 aliphatic carbocycles. The summed E-state index contributed by atoms with van der Waals surface area (Å²) in [7, 11) is -3.43. The molecule has 1 aromatic carbocycles. The van der Waals surface area contributed by atoms with Gasteiger partial charge in [-0.05, 0) is 43.4 Å². The van der Waals surface area contributed by atoms with Crippen molar-refractivity contribution in [3.8, 4) is 0 Å². The van der Waals surface area contributed by atoms with E-state index in [0.29, 0.717) is 25.3 Å². The van der Waals surface area contributed by atoms with Crippen LogP contribution in [0.2, 0.25) is 0 Å². The van der Waals surface area contributed by atoms with Crippen molar-refractivity contribution < 1.29 is 8.42 Å². The summed E-state index contributed by atoms with van der Waals surface area (Å²) in [6.45, 7) is 1.82. The van der Waals surface area contributed by atoms with Crippen molar-refractivity contribution in [3.05, 3.63) is 23.8 Å². The molecular formula is C15H23N3O2S. The van der Waals surface area contributed by atoms with Crippen LogP contribution in [0, 0.1) is 0 Å². The highest BCUT2D eigenvalue weighted by Crippen LogP contribution is 2.34. The topological polar surface area (TPSA) is 66.6 Å². The maximum Gasteiger partial charge on any atom is 0.304 e. The van der Waals surface area contributed by atoms with Crippen LogP contribution in [0.25, 0.3) is 0 Å². The molecule has 0 spiro atoms. The maximum atomic E-state index is 13.0. The Morgan fingerprint density at radius 1 is 0.952 bits per heavy atom. The SMILES string of the molecule is Nc1cccc2c1CCCN2S(=O)(=O)N1CCCCCC1. The van der Waals surface area contributed by atoms with Crippen LogP contribution in [-0.2, 0) is 16.6 Å². The van der Waals surface area contributed by atoms with Gasteiger partial charge in [0.25, 0.3) is 0 Å². The number of fused-ring (bicyclic) bond motifs is 1. The summed E-state index contributed by atoms with van der Waals surface area (Å²) < 4.78 is 29.2. The number of hydrogen-bond acceptors (Lipinski definition) is 3. The predicted octanol–water partition coefficient (Wildman–Crippen LogP) is 2.14. The number of hydrogen-bond donors (Lipinski definition) is 1. The molecule has 21 heavy (non-hydrogen) atoms. The standard InChI is InChI=1S/C15H23N3O2S/c16-14-8-5-9-15-13(14)7-6-12-18(15)21(19,20)17-10-3-1-2-4-11-17/h5,8-9H,1-4,6-7,10-12,16H2. The van der Waals surface area contributed by atoms with E-state index < -0.39 is 10.2 Å². The van der Waals surface area contributed by atoms with Crippen LogP contribution in [0.5, 0.6) is 0 Å². The van der Waals surface area contributed by atoms with Gasteiger partial charge in [-0.1, -0.05) is 18.9 Å². The fourth-order valence-electron chi connectivity index (χ4n) is 3.27. The third-order valence-electron chi connectivity index (χ3n) is 4.41. The molecule has 0 aromatic heterocycles. The highest BCUT2D eigenvalue weighted by atomic mass is 32.2. The summed E-state index contributed by atoms with van der Waals surface area (Å²) in [4.78, 5) is 0. The molecule has 0 amide bonds. The van der Waals surface area contributed by atoms with Crippen molar-refractivity contribution in [2.75, 3.05) is 29.7 Å². The monoisotopic (exact) mass is 309 g/mol. The maximum absolute atomic E-state index is 13.0. The van der Waals surface area contributed by atoms with Crippen LogP contribution in [0.3, 0.4) is 0 Å². The average molecular weight is 309 g/mol. The Hall–Kier alpha value is -1.27. The highest BCUT2D eigenvalue weighted by Gasteiger charge is 2.33. The second-order valence-corrected chi connectivity index (χ2v) is 7.69. The van der Waals surface area contributed by atoms with E-state index in [9.17, 15) is 8.42 Å². The third kappa shape index (κ3) is 2.74. The summed E-state index contributed by atoms with van der Waals surface area (Å²) in [6.07, 6.45) is 5.83. The first-order valence-electron chi connectivity index (χ1n) is 7.76. The minimum atomic E-state index is -3.43. The van der Waals surface area contributed by atoms with E-state index in [1.807, 2.05) is 18.2 Å². The average Bonchev–Trinajstić information content (AvgIpc) is 2.77. The molecule has 1 saturated heterocycles. The molecule has 0 bridgehead atoms. The fourth-order valence-corrected chi connectivity index (χ4v) is 5.05. The van der Waals surface area contributed by atoms with Crippen molar-refractivity contribution in [1.29, 1.82) is 0 Å². The molecule has 1 fully saturated rings. The second-order valence-electron chi connectivity index (χ2n) is 5.84. The zero-order valence-corrected chi connectivity index (χ0v) is 13.1. The van der Waals surface area contributed by atoms with Gasteiger partial charge in [0.15, 0.2) is 0 Å². The number of nitrogens with zero attached hydrogens (tertiary/aromatic N) is 2.